The quantitative estimate of drug-likeness (QED) is 0.597. The Bertz CT molecular complexity index is 743. The Morgan fingerprint density at radius 1 is 1.12 bits per heavy atom. The van der Waals surface area contributed by atoms with Crippen molar-refractivity contribution in [1.82, 2.24) is 9.80 Å². The number of hydrogen-bond donors (Lipinski definition) is 1. The molecule has 2 aromatic carbocycles. The highest BCUT2D eigenvalue weighted by molar-refractivity contribution is 7.99. The van der Waals surface area contributed by atoms with E-state index >= 15 is 0 Å². The van der Waals surface area contributed by atoms with Crippen LogP contribution in [0.4, 0.5) is 5.69 Å². The van der Waals surface area contributed by atoms with Crippen molar-refractivity contribution in [3.8, 4) is 0 Å². The maximum atomic E-state index is 6.22. The SMILES string of the molecule is CN1CCN(CCC(N)=Nc2cc(Cl)ccc2Sc2ccccc2)CC1. The fourth-order valence-corrected chi connectivity index (χ4v) is 3.89. The fraction of sp³-hybridized carbons (Fsp3) is 0.350. The number of halogens is 1. The second-order valence-corrected chi connectivity index (χ2v) is 8.08. The van der Waals surface area contributed by atoms with Crippen molar-refractivity contribution in [2.24, 2.45) is 10.7 Å². The minimum Gasteiger partial charge on any atom is -0.387 e. The standard InChI is InChI=1S/C20H25ClN4S/c1-24-11-13-25(14-12-24)10-9-20(22)23-18-15-16(21)7-8-19(18)26-17-5-3-2-4-6-17/h2-8,15H,9-14H2,1H3,(H2,22,23). The third-order valence-electron chi connectivity index (χ3n) is 4.44. The predicted octanol–water partition coefficient (Wildman–Crippen LogP) is 4.12. The highest BCUT2D eigenvalue weighted by Gasteiger charge is 2.13. The average molecular weight is 389 g/mol. The zero-order valence-corrected chi connectivity index (χ0v) is 16.6. The first-order valence-corrected chi connectivity index (χ1v) is 10.1. The van der Waals surface area contributed by atoms with Crippen LogP contribution in [-0.2, 0) is 0 Å². The molecule has 3 rings (SSSR count). The van der Waals surface area contributed by atoms with Gasteiger partial charge in [0.25, 0.3) is 0 Å². The van der Waals surface area contributed by atoms with Gasteiger partial charge < -0.3 is 15.5 Å². The molecule has 2 N–H and O–H groups in total. The molecule has 0 spiro atoms. The molecule has 2 aromatic rings. The van der Waals surface area contributed by atoms with Gasteiger partial charge in [-0.25, -0.2) is 4.99 Å². The summed E-state index contributed by atoms with van der Waals surface area (Å²) in [4.78, 5) is 11.7. The van der Waals surface area contributed by atoms with Crippen LogP contribution >= 0.6 is 23.4 Å². The van der Waals surface area contributed by atoms with Crippen LogP contribution in [0, 0.1) is 0 Å². The number of piperazine rings is 1. The van der Waals surface area contributed by atoms with Crippen molar-refractivity contribution >= 4 is 34.9 Å². The third-order valence-corrected chi connectivity index (χ3v) is 5.74. The van der Waals surface area contributed by atoms with Gasteiger partial charge in [-0.05, 0) is 37.4 Å². The molecule has 1 saturated heterocycles. The van der Waals surface area contributed by atoms with Crippen LogP contribution in [0.5, 0.6) is 0 Å². The first kappa shape index (κ1) is 19.2. The van der Waals surface area contributed by atoms with Crippen LogP contribution in [0.25, 0.3) is 0 Å². The molecule has 1 aliphatic heterocycles. The summed E-state index contributed by atoms with van der Waals surface area (Å²) in [7, 11) is 2.16. The van der Waals surface area contributed by atoms with Gasteiger partial charge >= 0.3 is 0 Å². The molecule has 138 valence electrons. The highest BCUT2D eigenvalue weighted by atomic mass is 35.5. The molecule has 0 bridgehead atoms. The van der Waals surface area contributed by atoms with Gasteiger partial charge in [-0.3, -0.25) is 0 Å². The Morgan fingerprint density at radius 2 is 1.85 bits per heavy atom. The summed E-state index contributed by atoms with van der Waals surface area (Å²) in [5, 5.41) is 0.674. The topological polar surface area (TPSA) is 44.9 Å². The lowest BCUT2D eigenvalue weighted by Crippen LogP contribution is -2.45. The lowest BCUT2D eigenvalue weighted by molar-refractivity contribution is 0.157. The Labute approximate surface area is 165 Å². The van der Waals surface area contributed by atoms with E-state index in [1.165, 1.54) is 4.90 Å². The zero-order valence-electron chi connectivity index (χ0n) is 15.1. The van der Waals surface area contributed by atoms with Crippen LogP contribution in [0.3, 0.4) is 0 Å². The molecule has 1 heterocycles. The van der Waals surface area contributed by atoms with Crippen molar-refractivity contribution < 1.29 is 0 Å². The molecule has 1 fully saturated rings. The maximum absolute atomic E-state index is 6.22. The Kier molecular flexibility index (Phi) is 6.97. The third kappa shape index (κ3) is 5.74. The number of benzene rings is 2. The molecule has 0 aliphatic carbocycles. The van der Waals surface area contributed by atoms with Crippen LogP contribution < -0.4 is 5.73 Å². The first-order valence-electron chi connectivity index (χ1n) is 8.86. The van der Waals surface area contributed by atoms with E-state index in [0.29, 0.717) is 10.9 Å². The van der Waals surface area contributed by atoms with Crippen molar-refractivity contribution in [1.29, 1.82) is 0 Å². The molecular formula is C20H25ClN4S. The molecule has 0 saturated carbocycles. The molecule has 0 aromatic heterocycles. The smallest absolute Gasteiger partial charge is 0.101 e. The number of nitrogens with two attached hydrogens (primary N) is 1. The summed E-state index contributed by atoms with van der Waals surface area (Å²) in [6.45, 7) is 5.36. The Balaban J connectivity index is 1.67. The van der Waals surface area contributed by atoms with E-state index in [0.717, 1.165) is 49.7 Å². The number of hydrogen-bond acceptors (Lipinski definition) is 4. The van der Waals surface area contributed by atoms with Gasteiger partial charge in [0.1, 0.15) is 5.84 Å². The molecule has 0 radical (unpaired) electrons. The fourth-order valence-electron chi connectivity index (χ4n) is 2.83. The number of aliphatic imine (C=N–C) groups is 1. The van der Waals surface area contributed by atoms with Gasteiger partial charge in [0, 0.05) is 54.0 Å². The molecule has 26 heavy (non-hydrogen) atoms. The van der Waals surface area contributed by atoms with Crippen LogP contribution in [-0.4, -0.2) is 55.4 Å². The molecule has 4 nitrogen and oxygen atoms in total. The normalized spacial score (nSPS) is 16.8. The van der Waals surface area contributed by atoms with E-state index in [9.17, 15) is 0 Å². The molecular weight excluding hydrogens is 364 g/mol. The lowest BCUT2D eigenvalue weighted by Gasteiger charge is -2.32. The van der Waals surface area contributed by atoms with E-state index in [-0.39, 0.29) is 0 Å². The summed E-state index contributed by atoms with van der Waals surface area (Å²) in [5.74, 6) is 0.654. The Morgan fingerprint density at radius 3 is 2.58 bits per heavy atom. The molecule has 0 atom stereocenters. The zero-order chi connectivity index (χ0) is 18.4. The molecule has 0 amide bonds. The second kappa shape index (κ2) is 9.42. The largest absolute Gasteiger partial charge is 0.387 e. The average Bonchev–Trinajstić information content (AvgIpc) is 2.64. The summed E-state index contributed by atoms with van der Waals surface area (Å²) >= 11 is 7.86. The van der Waals surface area contributed by atoms with Gasteiger partial charge in [0.15, 0.2) is 0 Å². The van der Waals surface area contributed by atoms with Crippen LogP contribution in [0.2, 0.25) is 5.02 Å². The monoisotopic (exact) mass is 388 g/mol. The number of nitrogens with zero attached hydrogens (tertiary/aromatic N) is 3. The Hall–Kier alpha value is -1.53. The number of likely N-dealkylation sites (N-methyl/N-ethyl adjacent to an activating group) is 1. The van der Waals surface area contributed by atoms with Crippen LogP contribution in [0.15, 0.2) is 63.3 Å². The van der Waals surface area contributed by atoms with Gasteiger partial charge in [-0.15, -0.1) is 0 Å². The van der Waals surface area contributed by atoms with Gasteiger partial charge in [-0.1, -0.05) is 41.6 Å². The number of rotatable bonds is 6. The van der Waals surface area contributed by atoms with Gasteiger partial charge in [0.05, 0.1) is 5.69 Å². The molecule has 6 heteroatoms. The summed E-state index contributed by atoms with van der Waals surface area (Å²) in [6.07, 6.45) is 0.770. The van der Waals surface area contributed by atoms with Gasteiger partial charge in [0.2, 0.25) is 0 Å². The van der Waals surface area contributed by atoms with Gasteiger partial charge in [-0.2, -0.15) is 0 Å². The van der Waals surface area contributed by atoms with E-state index in [4.69, 9.17) is 17.3 Å². The highest BCUT2D eigenvalue weighted by Crippen LogP contribution is 2.36. The van der Waals surface area contributed by atoms with E-state index < -0.39 is 0 Å². The van der Waals surface area contributed by atoms with Crippen molar-refractivity contribution in [3.63, 3.8) is 0 Å². The molecule has 0 unspecified atom stereocenters. The minimum atomic E-state index is 0.654. The van der Waals surface area contributed by atoms with Crippen molar-refractivity contribution in [3.05, 3.63) is 53.6 Å². The lowest BCUT2D eigenvalue weighted by atomic mass is 10.3. The van der Waals surface area contributed by atoms with Crippen molar-refractivity contribution in [2.75, 3.05) is 39.8 Å². The minimum absolute atomic E-state index is 0.654. The summed E-state index contributed by atoms with van der Waals surface area (Å²) in [6, 6.07) is 16.0. The number of amidine groups is 1. The first-order chi connectivity index (χ1) is 12.6. The predicted molar refractivity (Wildman–Crippen MR) is 112 cm³/mol. The molecule has 1 aliphatic rings. The van der Waals surface area contributed by atoms with E-state index in [1.807, 2.05) is 36.4 Å². The van der Waals surface area contributed by atoms with Crippen molar-refractivity contribution in [2.45, 2.75) is 16.2 Å². The summed E-state index contributed by atoms with van der Waals surface area (Å²) < 4.78 is 0. The van der Waals surface area contributed by atoms with E-state index in [1.54, 1.807) is 11.8 Å². The van der Waals surface area contributed by atoms with Crippen LogP contribution in [0.1, 0.15) is 6.42 Å². The maximum Gasteiger partial charge on any atom is 0.101 e. The van der Waals surface area contributed by atoms with E-state index in [2.05, 4.69) is 34.0 Å². The summed E-state index contributed by atoms with van der Waals surface area (Å²) in [5.41, 5.74) is 7.06. The second-order valence-electron chi connectivity index (χ2n) is 6.53.